The monoisotopic (exact) mass is 404 g/mol. The average Bonchev–Trinajstić information content (AvgIpc) is 3.34. The summed E-state index contributed by atoms with van der Waals surface area (Å²) in [5, 5.41) is 13.0. The molecule has 1 aromatic heterocycles. The number of hydrogen-bond acceptors (Lipinski definition) is 5. The zero-order valence-corrected chi connectivity index (χ0v) is 16.6. The second-order valence-electron chi connectivity index (χ2n) is 7.24. The smallest absolute Gasteiger partial charge is 0.251 e. The van der Waals surface area contributed by atoms with Gasteiger partial charge in [-0.3, -0.25) is 14.2 Å². The number of benzene rings is 2. The van der Waals surface area contributed by atoms with E-state index >= 15 is 0 Å². The molecule has 0 saturated carbocycles. The number of hydrogen-bond donors (Lipinski definition) is 2. The first kappa shape index (κ1) is 19.6. The highest BCUT2D eigenvalue weighted by atomic mass is 16.2. The quantitative estimate of drug-likeness (QED) is 0.659. The first-order chi connectivity index (χ1) is 14.7. The van der Waals surface area contributed by atoms with Crippen LogP contribution >= 0.6 is 0 Å². The number of aromatic nitrogens is 3. The maximum absolute atomic E-state index is 12.3. The van der Waals surface area contributed by atoms with Crippen molar-refractivity contribution in [2.45, 2.75) is 19.3 Å². The number of rotatable bonds is 6. The van der Waals surface area contributed by atoms with Gasteiger partial charge in [0.2, 0.25) is 5.91 Å². The summed E-state index contributed by atoms with van der Waals surface area (Å²) < 4.78 is 1.74. The summed E-state index contributed by atoms with van der Waals surface area (Å²) in [5.41, 5.74) is 3.22. The predicted molar refractivity (Wildman–Crippen MR) is 115 cm³/mol. The van der Waals surface area contributed by atoms with Crippen molar-refractivity contribution in [3.05, 3.63) is 66.7 Å². The fourth-order valence-electron chi connectivity index (χ4n) is 3.49. The van der Waals surface area contributed by atoms with Crippen LogP contribution in [0.15, 0.2) is 61.2 Å². The lowest BCUT2D eigenvalue weighted by Crippen LogP contribution is -2.32. The zero-order valence-electron chi connectivity index (χ0n) is 16.6. The molecule has 2 N–H and O–H groups in total. The van der Waals surface area contributed by atoms with Crippen molar-refractivity contribution in [2.75, 3.05) is 29.9 Å². The molecule has 2 amide bonds. The molecule has 3 aromatic rings. The van der Waals surface area contributed by atoms with E-state index in [0.29, 0.717) is 11.3 Å². The molecule has 2 heterocycles. The number of carbonyl (C=O) groups is 2. The van der Waals surface area contributed by atoms with Crippen LogP contribution < -0.4 is 15.5 Å². The third-order valence-corrected chi connectivity index (χ3v) is 5.13. The van der Waals surface area contributed by atoms with Crippen molar-refractivity contribution in [3.8, 4) is 5.69 Å². The number of nitrogens with one attached hydrogen (secondary N) is 2. The lowest BCUT2D eigenvalue weighted by Gasteiger charge is -2.28. The Morgan fingerprint density at radius 3 is 2.13 bits per heavy atom. The molecule has 1 fully saturated rings. The second kappa shape index (κ2) is 9.21. The van der Waals surface area contributed by atoms with Gasteiger partial charge in [-0.15, -0.1) is 10.2 Å². The van der Waals surface area contributed by atoms with Crippen molar-refractivity contribution in [1.82, 2.24) is 20.1 Å². The average molecular weight is 404 g/mol. The minimum Gasteiger partial charge on any atom is -0.372 e. The summed E-state index contributed by atoms with van der Waals surface area (Å²) in [6.07, 6.45) is 6.91. The van der Waals surface area contributed by atoms with Gasteiger partial charge in [0.25, 0.3) is 5.91 Å². The SMILES string of the molecule is O=C(CNC(=O)c1ccc(-n2cnnc2)cc1)Nc1ccc(N2CCCCC2)cc1. The predicted octanol–water partition coefficient (Wildman–Crippen LogP) is 2.63. The molecule has 1 aliphatic rings. The Morgan fingerprint density at radius 1 is 0.833 bits per heavy atom. The van der Waals surface area contributed by atoms with E-state index in [1.807, 2.05) is 24.3 Å². The number of anilines is 2. The van der Waals surface area contributed by atoms with Crippen LogP contribution in [-0.4, -0.2) is 46.2 Å². The van der Waals surface area contributed by atoms with E-state index in [1.54, 1.807) is 41.5 Å². The van der Waals surface area contributed by atoms with Gasteiger partial charge in [0, 0.05) is 35.7 Å². The van der Waals surface area contributed by atoms with Crippen molar-refractivity contribution in [2.24, 2.45) is 0 Å². The molecule has 0 aliphatic carbocycles. The molecule has 2 aromatic carbocycles. The molecule has 0 radical (unpaired) electrons. The molecule has 0 bridgehead atoms. The molecule has 30 heavy (non-hydrogen) atoms. The molecule has 8 nitrogen and oxygen atoms in total. The Morgan fingerprint density at radius 2 is 1.47 bits per heavy atom. The van der Waals surface area contributed by atoms with Gasteiger partial charge in [0.05, 0.1) is 6.54 Å². The van der Waals surface area contributed by atoms with Gasteiger partial charge in [0.1, 0.15) is 12.7 Å². The topological polar surface area (TPSA) is 92.1 Å². The van der Waals surface area contributed by atoms with Crippen LogP contribution in [0.2, 0.25) is 0 Å². The first-order valence-electron chi connectivity index (χ1n) is 10.1. The Kier molecular flexibility index (Phi) is 6.03. The Balaban J connectivity index is 1.26. The van der Waals surface area contributed by atoms with E-state index in [1.165, 1.54) is 24.9 Å². The van der Waals surface area contributed by atoms with Crippen LogP contribution in [0.3, 0.4) is 0 Å². The molecule has 0 spiro atoms. The fourth-order valence-corrected chi connectivity index (χ4v) is 3.49. The molecule has 154 valence electrons. The Bertz CT molecular complexity index is 977. The largest absolute Gasteiger partial charge is 0.372 e. The maximum Gasteiger partial charge on any atom is 0.251 e. The van der Waals surface area contributed by atoms with E-state index < -0.39 is 0 Å². The lowest BCUT2D eigenvalue weighted by atomic mass is 10.1. The third-order valence-electron chi connectivity index (χ3n) is 5.13. The van der Waals surface area contributed by atoms with Gasteiger partial charge >= 0.3 is 0 Å². The number of nitrogens with zero attached hydrogens (tertiary/aromatic N) is 4. The third kappa shape index (κ3) is 4.83. The molecular formula is C22H24N6O2. The highest BCUT2D eigenvalue weighted by Gasteiger charge is 2.12. The first-order valence-corrected chi connectivity index (χ1v) is 10.1. The fraction of sp³-hybridized carbons (Fsp3) is 0.273. The Hall–Kier alpha value is -3.68. The number of carbonyl (C=O) groups excluding carboxylic acids is 2. The summed E-state index contributed by atoms with van der Waals surface area (Å²) in [4.78, 5) is 26.8. The van der Waals surface area contributed by atoms with Crippen molar-refractivity contribution in [3.63, 3.8) is 0 Å². The molecule has 1 aliphatic heterocycles. The van der Waals surface area contributed by atoms with Crippen LogP contribution in [0.5, 0.6) is 0 Å². The van der Waals surface area contributed by atoms with Gasteiger partial charge in [-0.1, -0.05) is 0 Å². The summed E-state index contributed by atoms with van der Waals surface area (Å²) in [7, 11) is 0. The van der Waals surface area contributed by atoms with E-state index in [9.17, 15) is 9.59 Å². The maximum atomic E-state index is 12.3. The number of amides is 2. The summed E-state index contributed by atoms with van der Waals surface area (Å²) in [6.45, 7) is 2.07. The number of piperidine rings is 1. The Labute approximate surface area is 174 Å². The van der Waals surface area contributed by atoms with E-state index in [2.05, 4.69) is 25.7 Å². The van der Waals surface area contributed by atoms with Gasteiger partial charge in [-0.05, 0) is 67.8 Å². The molecule has 0 atom stereocenters. The second-order valence-corrected chi connectivity index (χ2v) is 7.24. The normalized spacial score (nSPS) is 13.7. The molecule has 0 unspecified atom stereocenters. The van der Waals surface area contributed by atoms with Crippen LogP contribution in [0.4, 0.5) is 11.4 Å². The minimum atomic E-state index is -0.305. The standard InChI is InChI=1S/C22H24N6O2/c29-21(26-18-6-10-19(11-7-18)27-12-2-1-3-13-27)14-23-22(30)17-4-8-20(9-5-17)28-15-24-25-16-28/h4-11,15-16H,1-3,12-14H2,(H,23,30)(H,26,29). The van der Waals surface area contributed by atoms with Crippen molar-refractivity contribution < 1.29 is 9.59 Å². The van der Waals surface area contributed by atoms with Crippen LogP contribution in [0, 0.1) is 0 Å². The van der Waals surface area contributed by atoms with Gasteiger partial charge in [-0.2, -0.15) is 0 Å². The summed E-state index contributed by atoms with van der Waals surface area (Å²) >= 11 is 0. The summed E-state index contributed by atoms with van der Waals surface area (Å²) in [5.74, 6) is -0.573. The molecule has 8 heteroatoms. The highest BCUT2D eigenvalue weighted by molar-refractivity contribution is 5.99. The van der Waals surface area contributed by atoms with Gasteiger partial charge < -0.3 is 15.5 Å². The van der Waals surface area contributed by atoms with E-state index in [-0.39, 0.29) is 18.4 Å². The van der Waals surface area contributed by atoms with Crippen LogP contribution in [-0.2, 0) is 4.79 Å². The van der Waals surface area contributed by atoms with Crippen LogP contribution in [0.1, 0.15) is 29.6 Å². The van der Waals surface area contributed by atoms with Crippen molar-refractivity contribution in [1.29, 1.82) is 0 Å². The van der Waals surface area contributed by atoms with E-state index in [0.717, 1.165) is 18.8 Å². The highest BCUT2D eigenvalue weighted by Crippen LogP contribution is 2.21. The minimum absolute atomic E-state index is 0.0973. The molecule has 4 rings (SSSR count). The van der Waals surface area contributed by atoms with Crippen molar-refractivity contribution >= 4 is 23.2 Å². The van der Waals surface area contributed by atoms with Gasteiger partial charge in [0.15, 0.2) is 0 Å². The molecular weight excluding hydrogens is 380 g/mol. The summed E-state index contributed by atoms with van der Waals surface area (Å²) in [6, 6.07) is 14.8. The van der Waals surface area contributed by atoms with Gasteiger partial charge in [-0.25, -0.2) is 0 Å². The van der Waals surface area contributed by atoms with Crippen LogP contribution in [0.25, 0.3) is 5.69 Å². The lowest BCUT2D eigenvalue weighted by molar-refractivity contribution is -0.115. The van der Waals surface area contributed by atoms with E-state index in [4.69, 9.17) is 0 Å². The zero-order chi connectivity index (χ0) is 20.8. The molecule has 1 saturated heterocycles.